The molecule has 0 radical (unpaired) electrons. The second-order valence-electron chi connectivity index (χ2n) is 6.59. The molecule has 1 heterocycles. The van der Waals surface area contributed by atoms with E-state index >= 15 is 0 Å². The van der Waals surface area contributed by atoms with Crippen LogP contribution in [0, 0.1) is 5.92 Å². The molecule has 1 aliphatic heterocycles. The summed E-state index contributed by atoms with van der Waals surface area (Å²) >= 11 is 0. The molecule has 24 heavy (non-hydrogen) atoms. The molecular formula is C17H19F3N2O2. The summed E-state index contributed by atoms with van der Waals surface area (Å²) in [6.45, 7) is 1.54. The second-order valence-corrected chi connectivity index (χ2v) is 6.59. The Morgan fingerprint density at radius 2 is 1.96 bits per heavy atom. The Bertz CT molecular complexity index is 674. The number of halogens is 3. The molecule has 0 unspecified atom stereocenters. The second kappa shape index (κ2) is 5.79. The van der Waals surface area contributed by atoms with Gasteiger partial charge in [-0.25, -0.2) is 4.79 Å². The van der Waals surface area contributed by atoms with Gasteiger partial charge >= 0.3 is 12.2 Å². The molecule has 1 saturated heterocycles. The van der Waals surface area contributed by atoms with Crippen LogP contribution in [-0.2, 0) is 17.5 Å². The van der Waals surface area contributed by atoms with Crippen molar-refractivity contribution in [1.82, 2.24) is 10.2 Å². The normalized spacial score (nSPS) is 27.7. The van der Waals surface area contributed by atoms with Crippen molar-refractivity contribution in [1.29, 1.82) is 0 Å². The van der Waals surface area contributed by atoms with E-state index in [-0.39, 0.29) is 18.0 Å². The van der Waals surface area contributed by atoms with E-state index in [0.717, 1.165) is 30.2 Å². The maximum Gasteiger partial charge on any atom is 0.416 e. The maximum absolute atomic E-state index is 13.1. The van der Waals surface area contributed by atoms with Crippen LogP contribution in [0.2, 0.25) is 0 Å². The van der Waals surface area contributed by atoms with Crippen LogP contribution in [0.3, 0.4) is 0 Å². The minimum absolute atomic E-state index is 0.0226. The van der Waals surface area contributed by atoms with Crippen LogP contribution in [0.15, 0.2) is 24.3 Å². The Kier molecular flexibility index (Phi) is 4.05. The van der Waals surface area contributed by atoms with E-state index in [1.165, 1.54) is 18.2 Å². The number of hydrogen-bond acceptors (Lipinski definition) is 2. The van der Waals surface area contributed by atoms with Crippen molar-refractivity contribution in [2.45, 2.75) is 50.9 Å². The molecule has 4 nitrogen and oxygen atoms in total. The van der Waals surface area contributed by atoms with Gasteiger partial charge in [0.2, 0.25) is 0 Å². The lowest BCUT2D eigenvalue weighted by molar-refractivity contribution is -0.140. The largest absolute Gasteiger partial charge is 0.416 e. The van der Waals surface area contributed by atoms with Crippen LogP contribution >= 0.6 is 0 Å². The van der Waals surface area contributed by atoms with Crippen molar-refractivity contribution >= 4 is 11.9 Å². The molecule has 130 valence electrons. The van der Waals surface area contributed by atoms with Crippen molar-refractivity contribution < 1.29 is 22.8 Å². The smallest absolute Gasteiger partial charge is 0.323 e. The van der Waals surface area contributed by atoms with E-state index in [0.29, 0.717) is 6.42 Å². The summed E-state index contributed by atoms with van der Waals surface area (Å²) in [4.78, 5) is 26.0. The molecule has 2 atom stereocenters. The fourth-order valence-electron chi connectivity index (χ4n) is 3.74. The van der Waals surface area contributed by atoms with Crippen molar-refractivity contribution in [3.63, 3.8) is 0 Å². The van der Waals surface area contributed by atoms with Gasteiger partial charge in [-0.2, -0.15) is 13.2 Å². The first kappa shape index (κ1) is 16.8. The van der Waals surface area contributed by atoms with Gasteiger partial charge in [0.15, 0.2) is 0 Å². The Morgan fingerprint density at radius 1 is 1.25 bits per heavy atom. The molecule has 1 aliphatic carbocycles. The number of nitrogens with zero attached hydrogens (tertiary/aromatic N) is 1. The number of hydrogen-bond donors (Lipinski definition) is 1. The number of urea groups is 1. The predicted octanol–water partition coefficient (Wildman–Crippen LogP) is 3.71. The predicted molar refractivity (Wildman–Crippen MR) is 80.9 cm³/mol. The third-order valence-corrected chi connectivity index (χ3v) is 5.15. The number of benzene rings is 1. The average Bonchev–Trinajstić information content (AvgIpc) is 2.75. The van der Waals surface area contributed by atoms with Crippen molar-refractivity contribution in [3.05, 3.63) is 35.4 Å². The highest BCUT2D eigenvalue weighted by Crippen LogP contribution is 2.39. The summed E-state index contributed by atoms with van der Waals surface area (Å²) in [6.07, 6.45) is -1.35. The van der Waals surface area contributed by atoms with Crippen molar-refractivity contribution in [3.8, 4) is 0 Å². The van der Waals surface area contributed by atoms with Gasteiger partial charge in [0.05, 0.1) is 12.1 Å². The van der Waals surface area contributed by atoms with Gasteiger partial charge in [0.25, 0.3) is 5.91 Å². The minimum Gasteiger partial charge on any atom is -0.323 e. The highest BCUT2D eigenvalue weighted by atomic mass is 19.4. The first-order valence-electron chi connectivity index (χ1n) is 8.05. The quantitative estimate of drug-likeness (QED) is 0.835. The Balaban J connectivity index is 1.89. The molecule has 3 amide bonds. The summed E-state index contributed by atoms with van der Waals surface area (Å²) in [5.41, 5.74) is -1.85. The van der Waals surface area contributed by atoms with Crippen LogP contribution in [0.1, 0.15) is 43.7 Å². The maximum atomic E-state index is 13.1. The average molecular weight is 340 g/mol. The lowest BCUT2D eigenvalue weighted by Crippen LogP contribution is -2.53. The molecular weight excluding hydrogens is 321 g/mol. The molecule has 0 bridgehead atoms. The summed E-state index contributed by atoms with van der Waals surface area (Å²) in [7, 11) is 0. The summed E-state index contributed by atoms with van der Waals surface area (Å²) in [6, 6.07) is 4.43. The first-order valence-corrected chi connectivity index (χ1v) is 8.05. The zero-order chi connectivity index (χ0) is 17.5. The molecule has 3 rings (SSSR count). The third-order valence-electron chi connectivity index (χ3n) is 5.15. The van der Waals surface area contributed by atoms with E-state index in [1.54, 1.807) is 0 Å². The number of imide groups is 1. The van der Waals surface area contributed by atoms with Crippen LogP contribution in [0.25, 0.3) is 0 Å². The fraction of sp³-hybridized carbons (Fsp3) is 0.529. The molecule has 0 aromatic heterocycles. The van der Waals surface area contributed by atoms with E-state index in [2.05, 4.69) is 5.32 Å². The van der Waals surface area contributed by atoms with E-state index in [4.69, 9.17) is 0 Å². The number of alkyl halides is 3. The van der Waals surface area contributed by atoms with Crippen LogP contribution in [-0.4, -0.2) is 22.4 Å². The molecule has 1 aromatic carbocycles. The van der Waals surface area contributed by atoms with Gasteiger partial charge in [-0.15, -0.1) is 0 Å². The highest BCUT2D eigenvalue weighted by Gasteiger charge is 2.55. The Morgan fingerprint density at radius 3 is 2.62 bits per heavy atom. The van der Waals surface area contributed by atoms with Gasteiger partial charge in [-0.1, -0.05) is 38.0 Å². The van der Waals surface area contributed by atoms with Gasteiger partial charge in [-0.05, 0) is 30.4 Å². The number of rotatable bonds is 2. The van der Waals surface area contributed by atoms with Crippen LogP contribution in [0.4, 0.5) is 18.0 Å². The van der Waals surface area contributed by atoms with E-state index in [1.807, 2.05) is 6.92 Å². The summed E-state index contributed by atoms with van der Waals surface area (Å²) in [5.74, 6) is -0.428. The van der Waals surface area contributed by atoms with Crippen LogP contribution in [0.5, 0.6) is 0 Å². The monoisotopic (exact) mass is 340 g/mol. The van der Waals surface area contributed by atoms with Crippen molar-refractivity contribution in [2.24, 2.45) is 5.92 Å². The zero-order valence-electron chi connectivity index (χ0n) is 13.3. The van der Waals surface area contributed by atoms with Gasteiger partial charge in [0, 0.05) is 0 Å². The lowest BCUT2D eigenvalue weighted by atomic mass is 9.73. The summed E-state index contributed by atoms with van der Waals surface area (Å²) < 4.78 is 39.4. The molecule has 7 heteroatoms. The molecule has 1 spiro atoms. The molecule has 2 aliphatic rings. The molecule has 2 fully saturated rings. The van der Waals surface area contributed by atoms with E-state index in [9.17, 15) is 22.8 Å². The molecule has 1 saturated carbocycles. The minimum atomic E-state index is -4.52. The van der Waals surface area contributed by atoms with Gasteiger partial charge < -0.3 is 5.32 Å². The lowest BCUT2D eigenvalue weighted by Gasteiger charge is -2.36. The first-order chi connectivity index (χ1) is 11.3. The topological polar surface area (TPSA) is 49.4 Å². The SMILES string of the molecule is C[C@H]1CCCC[C@@]12NC(=O)N(Cc1ccccc1C(F)(F)F)C2=O. The number of carbonyl (C=O) groups excluding carboxylic acids is 2. The number of amides is 3. The Hall–Kier alpha value is -2.05. The van der Waals surface area contributed by atoms with Gasteiger partial charge in [0.1, 0.15) is 5.54 Å². The number of nitrogens with one attached hydrogen (secondary N) is 1. The zero-order valence-corrected chi connectivity index (χ0v) is 13.3. The molecule has 1 N–H and O–H groups in total. The Labute approximate surface area is 138 Å². The van der Waals surface area contributed by atoms with Crippen molar-refractivity contribution in [2.75, 3.05) is 0 Å². The fourth-order valence-corrected chi connectivity index (χ4v) is 3.74. The molecule has 1 aromatic rings. The summed E-state index contributed by atoms with van der Waals surface area (Å²) in [5, 5.41) is 2.75. The highest BCUT2D eigenvalue weighted by molar-refractivity contribution is 6.07. The third kappa shape index (κ3) is 2.65. The van der Waals surface area contributed by atoms with Gasteiger partial charge in [-0.3, -0.25) is 9.69 Å². The van der Waals surface area contributed by atoms with E-state index < -0.39 is 29.2 Å². The number of carbonyl (C=O) groups is 2. The van der Waals surface area contributed by atoms with Crippen LogP contribution < -0.4 is 5.32 Å². The standard InChI is InChI=1S/C17H19F3N2O2/c1-11-6-4-5-9-16(11)14(23)22(15(24)21-16)10-12-7-2-3-8-13(12)17(18,19)20/h2-3,7-8,11H,4-6,9-10H2,1H3,(H,21,24)/t11-,16+/m0/s1.